The van der Waals surface area contributed by atoms with Crippen molar-refractivity contribution in [1.82, 2.24) is 0 Å². The molecule has 20 heavy (non-hydrogen) atoms. The molecule has 0 N–H and O–H groups in total. The summed E-state index contributed by atoms with van der Waals surface area (Å²) in [6, 6.07) is 2.97. The second-order valence-electron chi connectivity index (χ2n) is 4.39. The number of rotatable bonds is 3. The fourth-order valence-electron chi connectivity index (χ4n) is 2.00. The van der Waals surface area contributed by atoms with Gasteiger partial charge in [-0.2, -0.15) is 0 Å². The first kappa shape index (κ1) is 15.1. The minimum Gasteiger partial charge on any atom is -0.403 e. The quantitative estimate of drug-likeness (QED) is 0.613. The molecule has 0 aromatic heterocycles. The van der Waals surface area contributed by atoms with E-state index in [0.717, 1.165) is 12.1 Å². The maximum absolute atomic E-state index is 13.6. The fourth-order valence-corrected chi connectivity index (χ4v) is 2.43. The van der Waals surface area contributed by atoms with Crippen molar-refractivity contribution < 1.29 is 27.1 Å². The summed E-state index contributed by atoms with van der Waals surface area (Å²) in [4.78, 5) is 13.1. The van der Waals surface area contributed by atoms with Crippen molar-refractivity contribution in [1.29, 1.82) is 0 Å². The molecule has 8 heteroatoms. The number of alkyl halides is 4. The molecule has 110 valence electrons. The monoisotopic (exact) mass is 355 g/mol. The number of nitrogens with zero attached hydrogens (tertiary/aromatic N) is 1. The number of carbonyl (C=O) groups is 1. The molecule has 1 saturated heterocycles. The largest absolute Gasteiger partial charge is 0.573 e. The molecule has 3 nitrogen and oxygen atoms in total. The third-order valence-corrected chi connectivity index (χ3v) is 3.79. The molecule has 1 aliphatic rings. The van der Waals surface area contributed by atoms with Crippen LogP contribution in [0.25, 0.3) is 0 Å². The standard InChI is InChI=1S/C12H10BrF4NO2/c13-5-7-3-11(19)18(6-7)8-1-2-10(9(14)4-8)20-12(15,16)17/h1-2,4,7H,3,5-6H2. The van der Waals surface area contributed by atoms with Gasteiger partial charge in [-0.3, -0.25) is 4.79 Å². The van der Waals surface area contributed by atoms with E-state index in [1.54, 1.807) is 0 Å². The lowest BCUT2D eigenvalue weighted by molar-refractivity contribution is -0.275. The zero-order valence-corrected chi connectivity index (χ0v) is 11.7. The number of anilines is 1. The Balaban J connectivity index is 2.19. The van der Waals surface area contributed by atoms with Crippen LogP contribution in [0.4, 0.5) is 23.2 Å². The molecule has 0 radical (unpaired) electrons. The van der Waals surface area contributed by atoms with Gasteiger partial charge in [0.2, 0.25) is 5.91 Å². The molecule has 1 amide bonds. The predicted octanol–water partition coefficient (Wildman–Crippen LogP) is 3.47. The van der Waals surface area contributed by atoms with Crippen LogP contribution >= 0.6 is 15.9 Å². The van der Waals surface area contributed by atoms with E-state index >= 15 is 0 Å². The Kier molecular flexibility index (Phi) is 4.22. The second kappa shape index (κ2) is 5.59. The van der Waals surface area contributed by atoms with Gasteiger partial charge in [0.05, 0.1) is 0 Å². The number of halogens is 5. The summed E-state index contributed by atoms with van der Waals surface area (Å²) < 4.78 is 53.2. The Morgan fingerprint density at radius 2 is 2.10 bits per heavy atom. The van der Waals surface area contributed by atoms with Crippen LogP contribution in [0.3, 0.4) is 0 Å². The van der Waals surface area contributed by atoms with Gasteiger partial charge >= 0.3 is 6.36 Å². The Labute approximate surface area is 120 Å². The molecule has 0 aliphatic carbocycles. The summed E-state index contributed by atoms with van der Waals surface area (Å²) in [5.74, 6) is -2.14. The summed E-state index contributed by atoms with van der Waals surface area (Å²) in [6.45, 7) is 0.406. The van der Waals surface area contributed by atoms with Crippen molar-refractivity contribution >= 4 is 27.5 Å². The number of benzene rings is 1. The lowest BCUT2D eigenvalue weighted by Gasteiger charge is -2.17. The van der Waals surface area contributed by atoms with E-state index in [2.05, 4.69) is 20.7 Å². The molecule has 1 aromatic rings. The van der Waals surface area contributed by atoms with E-state index in [1.807, 2.05) is 0 Å². The number of amides is 1. The zero-order valence-electron chi connectivity index (χ0n) is 10.1. The van der Waals surface area contributed by atoms with Crippen LogP contribution in [0, 0.1) is 11.7 Å². The number of hydrogen-bond acceptors (Lipinski definition) is 2. The van der Waals surface area contributed by atoms with Crippen molar-refractivity contribution in [2.45, 2.75) is 12.8 Å². The van der Waals surface area contributed by atoms with Crippen molar-refractivity contribution in [3.8, 4) is 5.75 Å². The van der Waals surface area contributed by atoms with Crippen LogP contribution in [0.2, 0.25) is 0 Å². The molecule has 0 spiro atoms. The van der Waals surface area contributed by atoms with Crippen LogP contribution in [0.5, 0.6) is 5.75 Å². The molecule has 1 aliphatic heterocycles. The maximum Gasteiger partial charge on any atom is 0.573 e. The van der Waals surface area contributed by atoms with E-state index in [9.17, 15) is 22.4 Å². The summed E-state index contributed by atoms with van der Waals surface area (Å²) >= 11 is 3.26. The van der Waals surface area contributed by atoms with E-state index in [0.29, 0.717) is 18.3 Å². The minimum atomic E-state index is -4.95. The van der Waals surface area contributed by atoms with Gasteiger partial charge in [-0.1, -0.05) is 15.9 Å². The highest BCUT2D eigenvalue weighted by molar-refractivity contribution is 9.09. The van der Waals surface area contributed by atoms with Crippen LogP contribution in [0.15, 0.2) is 18.2 Å². The Bertz CT molecular complexity index is 521. The van der Waals surface area contributed by atoms with Crippen molar-refractivity contribution in [3.05, 3.63) is 24.0 Å². The Morgan fingerprint density at radius 3 is 2.60 bits per heavy atom. The number of ether oxygens (including phenoxy) is 1. The van der Waals surface area contributed by atoms with E-state index in [-0.39, 0.29) is 17.5 Å². The number of carbonyl (C=O) groups excluding carboxylic acids is 1. The van der Waals surface area contributed by atoms with Gasteiger partial charge in [-0.15, -0.1) is 13.2 Å². The van der Waals surface area contributed by atoms with Gasteiger partial charge < -0.3 is 9.64 Å². The molecule has 1 fully saturated rings. The maximum atomic E-state index is 13.6. The highest BCUT2D eigenvalue weighted by atomic mass is 79.9. The normalized spacial score (nSPS) is 19.6. The number of hydrogen-bond donors (Lipinski definition) is 0. The average Bonchev–Trinajstić information content (AvgIpc) is 2.72. The Morgan fingerprint density at radius 1 is 1.40 bits per heavy atom. The molecule has 0 saturated carbocycles. The Hall–Kier alpha value is -1.31. The predicted molar refractivity (Wildman–Crippen MR) is 67.3 cm³/mol. The molecule has 2 rings (SSSR count). The SMILES string of the molecule is O=C1CC(CBr)CN1c1ccc(OC(F)(F)F)c(F)c1. The summed E-state index contributed by atoms with van der Waals surface area (Å²) in [6.07, 6.45) is -4.62. The highest BCUT2D eigenvalue weighted by Crippen LogP contribution is 2.31. The molecular weight excluding hydrogens is 346 g/mol. The van der Waals surface area contributed by atoms with Crippen LogP contribution in [0.1, 0.15) is 6.42 Å². The average molecular weight is 356 g/mol. The molecular formula is C12H10BrF4NO2. The smallest absolute Gasteiger partial charge is 0.403 e. The van der Waals surface area contributed by atoms with Gasteiger partial charge in [0.25, 0.3) is 0 Å². The van der Waals surface area contributed by atoms with Gasteiger partial charge in [-0.05, 0) is 18.1 Å². The molecule has 1 atom stereocenters. The lowest BCUT2D eigenvalue weighted by atomic mass is 10.2. The van der Waals surface area contributed by atoms with Crippen LogP contribution in [-0.2, 0) is 4.79 Å². The molecule has 0 bridgehead atoms. The first-order valence-electron chi connectivity index (χ1n) is 5.72. The minimum absolute atomic E-state index is 0.108. The summed E-state index contributed by atoms with van der Waals surface area (Å²) in [5, 5.41) is 0.632. The summed E-state index contributed by atoms with van der Waals surface area (Å²) in [5.41, 5.74) is 0.227. The third kappa shape index (κ3) is 3.41. The van der Waals surface area contributed by atoms with Crippen molar-refractivity contribution in [2.75, 3.05) is 16.8 Å². The first-order chi connectivity index (χ1) is 9.30. The fraction of sp³-hybridized carbons (Fsp3) is 0.417. The van der Waals surface area contributed by atoms with Gasteiger partial charge in [0.15, 0.2) is 11.6 Å². The lowest BCUT2D eigenvalue weighted by Crippen LogP contribution is -2.25. The van der Waals surface area contributed by atoms with E-state index in [1.165, 1.54) is 11.0 Å². The van der Waals surface area contributed by atoms with E-state index in [4.69, 9.17) is 0 Å². The van der Waals surface area contributed by atoms with Gasteiger partial charge in [0, 0.05) is 30.0 Å². The topological polar surface area (TPSA) is 29.5 Å². The van der Waals surface area contributed by atoms with E-state index < -0.39 is 17.9 Å². The van der Waals surface area contributed by atoms with Crippen LogP contribution < -0.4 is 9.64 Å². The van der Waals surface area contributed by atoms with Gasteiger partial charge in [-0.25, -0.2) is 4.39 Å². The second-order valence-corrected chi connectivity index (χ2v) is 5.04. The molecule has 1 unspecified atom stereocenters. The first-order valence-corrected chi connectivity index (χ1v) is 6.84. The van der Waals surface area contributed by atoms with Gasteiger partial charge in [0.1, 0.15) is 0 Å². The van der Waals surface area contributed by atoms with Crippen molar-refractivity contribution in [3.63, 3.8) is 0 Å². The summed E-state index contributed by atoms with van der Waals surface area (Å²) in [7, 11) is 0. The zero-order chi connectivity index (χ0) is 14.9. The van der Waals surface area contributed by atoms with Crippen LogP contribution in [-0.4, -0.2) is 24.1 Å². The molecule has 1 heterocycles. The molecule has 1 aromatic carbocycles. The third-order valence-electron chi connectivity index (χ3n) is 2.88. The van der Waals surface area contributed by atoms with Crippen molar-refractivity contribution in [2.24, 2.45) is 5.92 Å². The highest BCUT2D eigenvalue weighted by Gasteiger charge is 2.33.